The zero-order valence-electron chi connectivity index (χ0n) is 9.96. The molecule has 1 aromatic carbocycles. The molecule has 3 heteroatoms. The lowest BCUT2D eigenvalue weighted by atomic mass is 9.88. The molecule has 1 atom stereocenters. The second-order valence-corrected chi connectivity index (χ2v) is 4.47. The first-order chi connectivity index (χ1) is 7.68. The van der Waals surface area contributed by atoms with E-state index in [0.717, 1.165) is 24.9 Å². The fourth-order valence-electron chi connectivity index (χ4n) is 1.84. The predicted molar refractivity (Wildman–Crippen MR) is 68.8 cm³/mol. The zero-order valence-corrected chi connectivity index (χ0v) is 10.7. The molecule has 0 aromatic heterocycles. The highest BCUT2D eigenvalue weighted by Gasteiger charge is 2.28. The molecule has 0 spiro atoms. The van der Waals surface area contributed by atoms with Gasteiger partial charge >= 0.3 is 0 Å². The first kappa shape index (κ1) is 13.5. The molecule has 0 heterocycles. The lowest BCUT2D eigenvalue weighted by Gasteiger charge is -2.33. The maximum Gasteiger partial charge on any atom is 0.0666 e. The summed E-state index contributed by atoms with van der Waals surface area (Å²) in [5, 5.41) is 13.8. The molecule has 1 unspecified atom stereocenters. The van der Waals surface area contributed by atoms with Crippen LogP contribution < -0.4 is 5.32 Å². The van der Waals surface area contributed by atoms with Crippen molar-refractivity contribution in [2.24, 2.45) is 0 Å². The van der Waals surface area contributed by atoms with Crippen molar-refractivity contribution in [3.8, 4) is 0 Å². The highest BCUT2D eigenvalue weighted by Crippen LogP contribution is 2.26. The zero-order chi connectivity index (χ0) is 12.0. The van der Waals surface area contributed by atoms with E-state index in [-0.39, 0.29) is 12.1 Å². The normalized spacial score (nSPS) is 14.8. The molecule has 16 heavy (non-hydrogen) atoms. The highest BCUT2D eigenvalue weighted by atomic mass is 35.5. The van der Waals surface area contributed by atoms with E-state index in [1.54, 1.807) is 0 Å². The molecule has 0 radical (unpaired) electrons. The summed E-state index contributed by atoms with van der Waals surface area (Å²) in [7, 11) is 0. The Morgan fingerprint density at radius 3 is 2.62 bits per heavy atom. The highest BCUT2D eigenvalue weighted by molar-refractivity contribution is 6.30. The van der Waals surface area contributed by atoms with Crippen molar-refractivity contribution in [2.45, 2.75) is 32.2 Å². The summed E-state index contributed by atoms with van der Waals surface area (Å²) in [5.41, 5.74) is 0.694. The van der Waals surface area contributed by atoms with E-state index < -0.39 is 0 Å². The molecule has 2 nitrogen and oxygen atoms in total. The monoisotopic (exact) mass is 241 g/mol. The van der Waals surface area contributed by atoms with Crippen LogP contribution in [0.2, 0.25) is 5.02 Å². The van der Waals surface area contributed by atoms with E-state index in [1.807, 2.05) is 24.3 Å². The molecule has 0 aliphatic rings. The number of aliphatic hydroxyl groups excluding tert-OH is 1. The number of halogens is 1. The number of aliphatic hydroxyl groups is 1. The number of rotatable bonds is 6. The maximum atomic E-state index is 9.64. The van der Waals surface area contributed by atoms with Gasteiger partial charge in [0.25, 0.3) is 0 Å². The van der Waals surface area contributed by atoms with Gasteiger partial charge in [-0.25, -0.2) is 0 Å². The topological polar surface area (TPSA) is 32.3 Å². The average Bonchev–Trinajstić information content (AvgIpc) is 2.31. The van der Waals surface area contributed by atoms with Crippen molar-refractivity contribution in [2.75, 3.05) is 13.2 Å². The van der Waals surface area contributed by atoms with Crippen molar-refractivity contribution in [1.82, 2.24) is 5.32 Å². The van der Waals surface area contributed by atoms with Crippen LogP contribution in [0.1, 0.15) is 32.3 Å². The maximum absolute atomic E-state index is 9.64. The third-order valence-electron chi connectivity index (χ3n) is 2.96. The Labute approximate surface area is 103 Å². The van der Waals surface area contributed by atoms with E-state index >= 15 is 0 Å². The molecular weight excluding hydrogens is 222 g/mol. The molecule has 0 bridgehead atoms. The second-order valence-electron chi connectivity index (χ2n) is 4.03. The van der Waals surface area contributed by atoms with Gasteiger partial charge in [-0.3, -0.25) is 0 Å². The van der Waals surface area contributed by atoms with Crippen molar-refractivity contribution < 1.29 is 5.11 Å². The Hall–Kier alpha value is -0.570. The van der Waals surface area contributed by atoms with Gasteiger partial charge < -0.3 is 10.4 Å². The second kappa shape index (κ2) is 6.24. The van der Waals surface area contributed by atoms with Gasteiger partial charge in [0.05, 0.1) is 12.1 Å². The minimum Gasteiger partial charge on any atom is -0.394 e. The number of benzene rings is 1. The van der Waals surface area contributed by atoms with Gasteiger partial charge in [0.2, 0.25) is 0 Å². The van der Waals surface area contributed by atoms with Gasteiger partial charge in [0.15, 0.2) is 0 Å². The number of hydrogen-bond acceptors (Lipinski definition) is 2. The van der Waals surface area contributed by atoms with Gasteiger partial charge in [-0.1, -0.05) is 37.6 Å². The Morgan fingerprint density at radius 1 is 1.38 bits per heavy atom. The fraction of sp³-hybridized carbons (Fsp3) is 0.538. The van der Waals surface area contributed by atoms with E-state index in [4.69, 9.17) is 11.6 Å². The van der Waals surface area contributed by atoms with Crippen LogP contribution >= 0.6 is 11.6 Å². The third kappa shape index (κ3) is 2.97. The molecule has 1 rings (SSSR count). The van der Waals surface area contributed by atoms with Crippen LogP contribution in [0.25, 0.3) is 0 Å². The third-order valence-corrected chi connectivity index (χ3v) is 3.20. The quantitative estimate of drug-likeness (QED) is 0.803. The van der Waals surface area contributed by atoms with Crippen LogP contribution in [0.5, 0.6) is 0 Å². The van der Waals surface area contributed by atoms with Crippen LogP contribution in [0, 0.1) is 0 Å². The van der Waals surface area contributed by atoms with E-state index in [1.165, 1.54) is 0 Å². The molecule has 2 N–H and O–H groups in total. The van der Waals surface area contributed by atoms with Crippen LogP contribution in [-0.4, -0.2) is 18.3 Å². The Morgan fingerprint density at radius 2 is 2.12 bits per heavy atom. The minimum atomic E-state index is -0.360. The minimum absolute atomic E-state index is 0.0871. The standard InChI is InChI=1S/C13H20ClNO/c1-3-8-15-13(4-2,10-16)11-6-5-7-12(14)9-11/h5-7,9,15-16H,3-4,8,10H2,1-2H3. The van der Waals surface area contributed by atoms with Gasteiger partial charge in [0, 0.05) is 5.02 Å². The number of nitrogens with one attached hydrogen (secondary N) is 1. The summed E-state index contributed by atoms with van der Waals surface area (Å²) in [6, 6.07) is 7.70. The van der Waals surface area contributed by atoms with Crippen LogP contribution in [0.15, 0.2) is 24.3 Å². The molecule has 0 aliphatic heterocycles. The van der Waals surface area contributed by atoms with E-state index in [2.05, 4.69) is 19.2 Å². The lowest BCUT2D eigenvalue weighted by Crippen LogP contribution is -2.45. The number of hydrogen-bond donors (Lipinski definition) is 2. The van der Waals surface area contributed by atoms with Crippen molar-refractivity contribution in [1.29, 1.82) is 0 Å². The molecule has 0 fully saturated rings. The Bertz CT molecular complexity index is 323. The van der Waals surface area contributed by atoms with Crippen molar-refractivity contribution in [3.63, 3.8) is 0 Å². The van der Waals surface area contributed by atoms with Crippen LogP contribution in [0.4, 0.5) is 0 Å². The molecule has 0 saturated carbocycles. The largest absolute Gasteiger partial charge is 0.394 e. The van der Waals surface area contributed by atoms with Crippen LogP contribution in [0.3, 0.4) is 0 Å². The Balaban J connectivity index is 2.99. The summed E-state index contributed by atoms with van der Waals surface area (Å²) in [4.78, 5) is 0. The van der Waals surface area contributed by atoms with Crippen LogP contribution in [-0.2, 0) is 5.54 Å². The first-order valence-electron chi connectivity index (χ1n) is 5.80. The summed E-state index contributed by atoms with van der Waals surface area (Å²) in [5.74, 6) is 0. The van der Waals surface area contributed by atoms with Gasteiger partial charge in [0.1, 0.15) is 0 Å². The van der Waals surface area contributed by atoms with Gasteiger partial charge in [-0.05, 0) is 37.1 Å². The molecule has 0 amide bonds. The molecule has 1 aromatic rings. The fourth-order valence-corrected chi connectivity index (χ4v) is 2.03. The summed E-state index contributed by atoms with van der Waals surface area (Å²) >= 11 is 5.99. The molecule has 0 saturated heterocycles. The average molecular weight is 242 g/mol. The Kier molecular flexibility index (Phi) is 5.26. The molecular formula is C13H20ClNO. The smallest absolute Gasteiger partial charge is 0.0666 e. The van der Waals surface area contributed by atoms with Gasteiger partial charge in [-0.2, -0.15) is 0 Å². The van der Waals surface area contributed by atoms with Crippen molar-refractivity contribution in [3.05, 3.63) is 34.9 Å². The SMILES string of the molecule is CCCNC(CC)(CO)c1cccc(Cl)c1. The van der Waals surface area contributed by atoms with E-state index in [0.29, 0.717) is 5.02 Å². The van der Waals surface area contributed by atoms with Crippen molar-refractivity contribution >= 4 is 11.6 Å². The van der Waals surface area contributed by atoms with Gasteiger partial charge in [-0.15, -0.1) is 0 Å². The molecule has 0 aliphatic carbocycles. The summed E-state index contributed by atoms with van der Waals surface area (Å²) < 4.78 is 0. The summed E-state index contributed by atoms with van der Waals surface area (Å²) in [6.07, 6.45) is 1.88. The van der Waals surface area contributed by atoms with E-state index in [9.17, 15) is 5.11 Å². The first-order valence-corrected chi connectivity index (χ1v) is 6.18. The lowest BCUT2D eigenvalue weighted by molar-refractivity contribution is 0.156. The predicted octanol–water partition coefficient (Wildman–Crippen LogP) is 2.94. The molecule has 90 valence electrons. The summed E-state index contributed by atoms with van der Waals surface area (Å²) in [6.45, 7) is 5.16.